The van der Waals surface area contributed by atoms with Crippen LogP contribution >= 0.6 is 11.3 Å². The summed E-state index contributed by atoms with van der Waals surface area (Å²) < 4.78 is 0. The van der Waals surface area contributed by atoms with Gasteiger partial charge in [0.2, 0.25) is 5.91 Å². The van der Waals surface area contributed by atoms with E-state index in [4.69, 9.17) is 0 Å². The maximum atomic E-state index is 11.5. The minimum Gasteiger partial charge on any atom is -0.356 e. The third-order valence-corrected chi connectivity index (χ3v) is 3.86. The van der Waals surface area contributed by atoms with Crippen LogP contribution in [-0.2, 0) is 11.2 Å². The summed E-state index contributed by atoms with van der Waals surface area (Å²) in [4.78, 5) is 20.1. The smallest absolute Gasteiger partial charge is 0.220 e. The number of hydrogen-bond donors (Lipinski definition) is 1. The highest BCUT2D eigenvalue weighted by Crippen LogP contribution is 2.22. The Morgan fingerprint density at radius 1 is 1.45 bits per heavy atom. The van der Waals surface area contributed by atoms with Crippen molar-refractivity contribution in [3.05, 3.63) is 35.6 Å². The average Bonchev–Trinajstić information content (AvgIpc) is 2.95. The molecule has 2 heterocycles. The number of hydrogen-bond acceptors (Lipinski definition) is 4. The Balaban J connectivity index is 1.80. The average molecular weight is 289 g/mol. The molecule has 0 saturated heterocycles. The van der Waals surface area contributed by atoms with E-state index in [2.05, 4.69) is 22.2 Å². The number of pyridine rings is 1. The van der Waals surface area contributed by atoms with Crippen molar-refractivity contribution < 1.29 is 4.79 Å². The molecule has 0 radical (unpaired) electrons. The first-order chi connectivity index (χ1) is 9.79. The summed E-state index contributed by atoms with van der Waals surface area (Å²) in [6, 6.07) is 3.91. The molecule has 2 aromatic heterocycles. The second-order valence-corrected chi connectivity index (χ2v) is 5.45. The Hall–Kier alpha value is -1.75. The Kier molecular flexibility index (Phi) is 5.68. The van der Waals surface area contributed by atoms with E-state index >= 15 is 0 Å². The third kappa shape index (κ3) is 4.42. The van der Waals surface area contributed by atoms with Crippen molar-refractivity contribution >= 4 is 17.2 Å². The summed E-state index contributed by atoms with van der Waals surface area (Å²) in [5, 5.41) is 5.95. The Labute approximate surface area is 123 Å². The number of unbranched alkanes of at least 4 members (excludes halogenated alkanes) is 1. The van der Waals surface area contributed by atoms with E-state index < -0.39 is 0 Å². The van der Waals surface area contributed by atoms with Gasteiger partial charge in [0.1, 0.15) is 5.01 Å². The van der Waals surface area contributed by atoms with Gasteiger partial charge >= 0.3 is 0 Å². The highest BCUT2D eigenvalue weighted by atomic mass is 32.1. The number of carbonyl (C=O) groups is 1. The topological polar surface area (TPSA) is 54.9 Å². The minimum absolute atomic E-state index is 0.134. The molecular weight excluding hydrogens is 270 g/mol. The van der Waals surface area contributed by atoms with Gasteiger partial charge in [-0.2, -0.15) is 0 Å². The lowest BCUT2D eigenvalue weighted by molar-refractivity contribution is -0.121. The molecule has 106 valence electrons. The van der Waals surface area contributed by atoms with Gasteiger partial charge < -0.3 is 5.32 Å². The zero-order valence-electron chi connectivity index (χ0n) is 11.6. The minimum atomic E-state index is 0.134. The number of amides is 1. The molecule has 2 aromatic rings. The van der Waals surface area contributed by atoms with Crippen LogP contribution in [-0.4, -0.2) is 22.4 Å². The molecule has 1 N–H and O–H groups in total. The van der Waals surface area contributed by atoms with Gasteiger partial charge in [-0.1, -0.05) is 13.3 Å². The highest BCUT2D eigenvalue weighted by molar-refractivity contribution is 7.13. The number of rotatable bonds is 7. The standard InChI is InChI=1S/C15H19N3OS/c1-2-3-6-14(19)17-9-7-13-11-20-15(18-13)12-5-4-8-16-10-12/h4-5,8,10-11H,2-3,6-7,9H2,1H3,(H,17,19). The summed E-state index contributed by atoms with van der Waals surface area (Å²) >= 11 is 1.61. The number of aromatic nitrogens is 2. The normalized spacial score (nSPS) is 10.4. The van der Waals surface area contributed by atoms with Crippen molar-refractivity contribution in [2.24, 2.45) is 0 Å². The van der Waals surface area contributed by atoms with Crippen LogP contribution in [0.5, 0.6) is 0 Å². The molecule has 1 amide bonds. The fraction of sp³-hybridized carbons (Fsp3) is 0.400. The van der Waals surface area contributed by atoms with Gasteiger partial charge in [0.25, 0.3) is 0 Å². The molecule has 0 aliphatic rings. The van der Waals surface area contributed by atoms with Gasteiger partial charge in [-0.05, 0) is 18.6 Å². The predicted molar refractivity (Wildman–Crippen MR) is 81.6 cm³/mol. The van der Waals surface area contributed by atoms with Crippen LogP contribution in [0.1, 0.15) is 31.9 Å². The first-order valence-corrected chi connectivity index (χ1v) is 7.79. The van der Waals surface area contributed by atoms with E-state index in [0.717, 1.165) is 35.5 Å². The molecule has 2 rings (SSSR count). The number of nitrogens with one attached hydrogen (secondary N) is 1. The van der Waals surface area contributed by atoms with Gasteiger partial charge in [0.05, 0.1) is 5.69 Å². The van der Waals surface area contributed by atoms with Crippen molar-refractivity contribution in [1.82, 2.24) is 15.3 Å². The summed E-state index contributed by atoms with van der Waals surface area (Å²) in [7, 11) is 0. The number of thiazole rings is 1. The lowest BCUT2D eigenvalue weighted by Gasteiger charge is -2.02. The van der Waals surface area contributed by atoms with Crippen molar-refractivity contribution in [3.63, 3.8) is 0 Å². The molecule has 0 saturated carbocycles. The van der Waals surface area contributed by atoms with Crippen molar-refractivity contribution in [3.8, 4) is 10.6 Å². The highest BCUT2D eigenvalue weighted by Gasteiger charge is 2.05. The SMILES string of the molecule is CCCCC(=O)NCCc1csc(-c2cccnc2)n1. The van der Waals surface area contributed by atoms with E-state index in [-0.39, 0.29) is 5.91 Å². The molecule has 0 atom stereocenters. The van der Waals surface area contributed by atoms with Crippen LogP contribution in [0.4, 0.5) is 0 Å². The van der Waals surface area contributed by atoms with E-state index in [1.165, 1.54) is 0 Å². The summed E-state index contributed by atoms with van der Waals surface area (Å²) in [6.45, 7) is 2.74. The number of carbonyl (C=O) groups excluding carboxylic acids is 1. The number of nitrogens with zero attached hydrogens (tertiary/aromatic N) is 2. The van der Waals surface area contributed by atoms with Gasteiger partial charge in [0, 0.05) is 42.7 Å². The van der Waals surface area contributed by atoms with Gasteiger partial charge in [0.15, 0.2) is 0 Å². The Bertz CT molecular complexity index is 539. The van der Waals surface area contributed by atoms with Gasteiger partial charge in [-0.25, -0.2) is 4.98 Å². The van der Waals surface area contributed by atoms with Crippen LogP contribution in [0.15, 0.2) is 29.9 Å². The summed E-state index contributed by atoms with van der Waals surface area (Å²) in [5.74, 6) is 0.134. The van der Waals surface area contributed by atoms with Crippen LogP contribution in [0.2, 0.25) is 0 Å². The van der Waals surface area contributed by atoms with Gasteiger partial charge in [-0.15, -0.1) is 11.3 Å². The first kappa shape index (κ1) is 14.7. The quantitative estimate of drug-likeness (QED) is 0.852. The summed E-state index contributed by atoms with van der Waals surface area (Å²) in [6.07, 6.45) is 6.96. The first-order valence-electron chi connectivity index (χ1n) is 6.91. The second kappa shape index (κ2) is 7.75. The van der Waals surface area contributed by atoms with E-state index in [1.807, 2.05) is 23.7 Å². The zero-order valence-corrected chi connectivity index (χ0v) is 12.4. The Morgan fingerprint density at radius 3 is 3.10 bits per heavy atom. The molecule has 0 aromatic carbocycles. The maximum absolute atomic E-state index is 11.5. The van der Waals surface area contributed by atoms with Gasteiger partial charge in [-0.3, -0.25) is 9.78 Å². The fourth-order valence-electron chi connectivity index (χ4n) is 1.80. The lowest BCUT2D eigenvalue weighted by atomic mass is 10.2. The van der Waals surface area contributed by atoms with Crippen LogP contribution in [0, 0.1) is 0 Å². The molecular formula is C15H19N3OS. The molecule has 0 unspecified atom stereocenters. The molecule has 4 nitrogen and oxygen atoms in total. The van der Waals surface area contributed by atoms with Crippen molar-refractivity contribution in [1.29, 1.82) is 0 Å². The van der Waals surface area contributed by atoms with Crippen molar-refractivity contribution in [2.45, 2.75) is 32.6 Å². The van der Waals surface area contributed by atoms with E-state index in [0.29, 0.717) is 13.0 Å². The van der Waals surface area contributed by atoms with E-state index in [9.17, 15) is 4.79 Å². The molecule has 0 bridgehead atoms. The lowest BCUT2D eigenvalue weighted by Crippen LogP contribution is -2.25. The van der Waals surface area contributed by atoms with Crippen LogP contribution < -0.4 is 5.32 Å². The zero-order chi connectivity index (χ0) is 14.2. The molecule has 0 aliphatic carbocycles. The third-order valence-electron chi connectivity index (χ3n) is 2.92. The monoisotopic (exact) mass is 289 g/mol. The second-order valence-electron chi connectivity index (χ2n) is 4.59. The van der Waals surface area contributed by atoms with Crippen LogP contribution in [0.25, 0.3) is 10.6 Å². The Morgan fingerprint density at radius 2 is 2.35 bits per heavy atom. The maximum Gasteiger partial charge on any atom is 0.220 e. The van der Waals surface area contributed by atoms with Crippen molar-refractivity contribution in [2.75, 3.05) is 6.54 Å². The fourth-order valence-corrected chi connectivity index (χ4v) is 2.64. The van der Waals surface area contributed by atoms with E-state index in [1.54, 1.807) is 17.5 Å². The predicted octanol–water partition coefficient (Wildman–Crippen LogP) is 3.05. The largest absolute Gasteiger partial charge is 0.356 e. The molecule has 0 spiro atoms. The molecule has 5 heteroatoms. The molecule has 0 fully saturated rings. The summed E-state index contributed by atoms with van der Waals surface area (Å²) in [5.41, 5.74) is 2.06. The molecule has 20 heavy (non-hydrogen) atoms. The van der Waals surface area contributed by atoms with Crippen LogP contribution in [0.3, 0.4) is 0 Å². The molecule has 0 aliphatic heterocycles.